The number of carbonyl (C=O) groups excluding carboxylic acids is 2. The zero-order chi connectivity index (χ0) is 17.4. The molecule has 6 nitrogen and oxygen atoms in total. The number of hydrogen-bond acceptors (Lipinski definition) is 4. The van der Waals surface area contributed by atoms with Gasteiger partial charge in [-0.2, -0.15) is 5.10 Å². The Labute approximate surface area is 144 Å². The molecule has 0 aliphatic rings. The molecule has 7 heteroatoms. The van der Waals surface area contributed by atoms with Gasteiger partial charge in [0.2, 0.25) is 5.91 Å². The van der Waals surface area contributed by atoms with Crippen molar-refractivity contribution in [2.75, 3.05) is 0 Å². The van der Waals surface area contributed by atoms with Gasteiger partial charge in [0.05, 0.1) is 12.0 Å². The van der Waals surface area contributed by atoms with E-state index in [9.17, 15) is 9.59 Å². The van der Waals surface area contributed by atoms with Gasteiger partial charge in [-0.25, -0.2) is 5.43 Å². The molecular formula is C17H17ClN4O2. The number of carbonyl (C=O) groups is 2. The number of pyridine rings is 1. The summed E-state index contributed by atoms with van der Waals surface area (Å²) >= 11 is 6.03. The third-order valence-electron chi connectivity index (χ3n) is 3.12. The zero-order valence-electron chi connectivity index (χ0n) is 13.1. The molecule has 0 saturated heterocycles. The number of hydrogen-bond donors (Lipinski definition) is 2. The summed E-state index contributed by atoms with van der Waals surface area (Å²) in [6.07, 6.45) is 3.10. The van der Waals surface area contributed by atoms with Crippen molar-refractivity contribution in [3.8, 4) is 0 Å². The fourth-order valence-corrected chi connectivity index (χ4v) is 2.08. The fraction of sp³-hybridized carbons (Fsp3) is 0.176. The van der Waals surface area contributed by atoms with Crippen molar-refractivity contribution in [1.29, 1.82) is 0 Å². The molecule has 2 amide bonds. The van der Waals surface area contributed by atoms with E-state index in [0.717, 1.165) is 5.56 Å². The lowest BCUT2D eigenvalue weighted by Gasteiger charge is -2.07. The molecule has 124 valence electrons. The summed E-state index contributed by atoms with van der Waals surface area (Å²) < 4.78 is 0. The topological polar surface area (TPSA) is 83.5 Å². The van der Waals surface area contributed by atoms with Crippen molar-refractivity contribution in [3.63, 3.8) is 0 Å². The van der Waals surface area contributed by atoms with Gasteiger partial charge in [-0.1, -0.05) is 29.8 Å². The molecule has 1 aromatic heterocycles. The van der Waals surface area contributed by atoms with Crippen molar-refractivity contribution in [3.05, 3.63) is 64.9 Å². The van der Waals surface area contributed by atoms with Gasteiger partial charge in [0, 0.05) is 29.7 Å². The average molecular weight is 345 g/mol. The van der Waals surface area contributed by atoms with E-state index in [4.69, 9.17) is 11.6 Å². The number of rotatable bonds is 6. The quantitative estimate of drug-likeness (QED) is 0.624. The van der Waals surface area contributed by atoms with E-state index < -0.39 is 0 Å². The van der Waals surface area contributed by atoms with Crippen LogP contribution in [-0.4, -0.2) is 22.5 Å². The van der Waals surface area contributed by atoms with Crippen LogP contribution < -0.4 is 10.7 Å². The van der Waals surface area contributed by atoms with Crippen LogP contribution in [0, 0.1) is 0 Å². The number of aromatic nitrogens is 1. The van der Waals surface area contributed by atoms with E-state index in [2.05, 4.69) is 20.8 Å². The minimum absolute atomic E-state index is 0.0811. The molecule has 0 saturated carbocycles. The lowest BCUT2D eigenvalue weighted by molar-refractivity contribution is -0.120. The maximum Gasteiger partial charge on any atom is 0.272 e. The summed E-state index contributed by atoms with van der Waals surface area (Å²) in [6.45, 7) is 2.01. The Morgan fingerprint density at radius 3 is 2.71 bits per heavy atom. The Bertz CT molecular complexity index is 747. The standard InChI is InChI=1S/C17H17ClN4O2/c1-12(21-22-17(24)14-6-4-8-19-10-14)9-16(23)20-11-13-5-2-3-7-15(13)18/h2-8,10H,9,11H2,1H3,(H,20,23)(H,22,24)/b21-12+. The van der Waals surface area contributed by atoms with E-state index in [1.807, 2.05) is 18.2 Å². The van der Waals surface area contributed by atoms with Gasteiger partial charge in [-0.15, -0.1) is 0 Å². The minimum Gasteiger partial charge on any atom is -0.352 e. The molecule has 2 N–H and O–H groups in total. The molecule has 2 aromatic rings. The van der Waals surface area contributed by atoms with Crippen molar-refractivity contribution < 1.29 is 9.59 Å². The molecule has 0 bridgehead atoms. The fourth-order valence-electron chi connectivity index (χ4n) is 1.88. The van der Waals surface area contributed by atoms with Crippen LogP contribution in [0.4, 0.5) is 0 Å². The Kier molecular flexibility index (Phi) is 6.45. The van der Waals surface area contributed by atoms with Crippen LogP contribution in [0.25, 0.3) is 0 Å². The molecule has 0 unspecified atom stereocenters. The first-order chi connectivity index (χ1) is 11.6. The third-order valence-corrected chi connectivity index (χ3v) is 3.49. The highest BCUT2D eigenvalue weighted by molar-refractivity contribution is 6.31. The second kappa shape index (κ2) is 8.79. The molecule has 24 heavy (non-hydrogen) atoms. The lowest BCUT2D eigenvalue weighted by Crippen LogP contribution is -2.26. The second-order valence-electron chi connectivity index (χ2n) is 5.07. The largest absolute Gasteiger partial charge is 0.352 e. The number of nitrogens with zero attached hydrogens (tertiary/aromatic N) is 2. The van der Waals surface area contributed by atoms with E-state index in [0.29, 0.717) is 22.8 Å². The molecule has 0 fully saturated rings. The molecule has 1 aromatic carbocycles. The summed E-state index contributed by atoms with van der Waals surface area (Å²) in [5.41, 5.74) is 4.12. The first-order valence-electron chi connectivity index (χ1n) is 7.30. The van der Waals surface area contributed by atoms with E-state index in [1.165, 1.54) is 6.20 Å². The normalized spacial score (nSPS) is 11.0. The maximum atomic E-state index is 11.9. The molecule has 0 spiro atoms. The highest BCUT2D eigenvalue weighted by Gasteiger charge is 2.07. The SMILES string of the molecule is C/C(CC(=O)NCc1ccccc1Cl)=N\NC(=O)c1cccnc1. The highest BCUT2D eigenvalue weighted by Crippen LogP contribution is 2.14. The van der Waals surface area contributed by atoms with Crippen LogP contribution >= 0.6 is 11.6 Å². The van der Waals surface area contributed by atoms with Crippen LogP contribution in [0.15, 0.2) is 53.9 Å². The van der Waals surface area contributed by atoms with E-state index >= 15 is 0 Å². The average Bonchev–Trinajstić information content (AvgIpc) is 2.59. The molecule has 2 rings (SSSR count). The van der Waals surface area contributed by atoms with Crippen LogP contribution in [0.5, 0.6) is 0 Å². The molecule has 0 aliphatic heterocycles. The summed E-state index contributed by atoms with van der Waals surface area (Å²) in [5, 5.41) is 7.28. The van der Waals surface area contributed by atoms with Gasteiger partial charge in [-0.05, 0) is 30.7 Å². The first kappa shape index (κ1) is 17.6. The monoisotopic (exact) mass is 344 g/mol. The predicted octanol–water partition coefficient (Wildman–Crippen LogP) is 2.55. The van der Waals surface area contributed by atoms with Crippen molar-refractivity contribution in [2.45, 2.75) is 19.9 Å². The summed E-state index contributed by atoms with van der Waals surface area (Å²) in [5.74, 6) is -0.578. The molecule has 0 atom stereocenters. The van der Waals surface area contributed by atoms with Crippen LogP contribution in [0.3, 0.4) is 0 Å². The Hall–Kier alpha value is -2.73. The summed E-state index contributed by atoms with van der Waals surface area (Å²) in [6, 6.07) is 10.6. The van der Waals surface area contributed by atoms with E-state index in [1.54, 1.807) is 31.3 Å². The second-order valence-corrected chi connectivity index (χ2v) is 5.48. The minimum atomic E-state index is -0.376. The number of nitrogens with one attached hydrogen (secondary N) is 2. The van der Waals surface area contributed by atoms with Gasteiger partial charge in [0.1, 0.15) is 0 Å². The molecule has 1 heterocycles. The van der Waals surface area contributed by atoms with Crippen molar-refractivity contribution in [2.24, 2.45) is 5.10 Å². The number of hydrazone groups is 1. The number of amides is 2. The zero-order valence-corrected chi connectivity index (χ0v) is 13.9. The third kappa shape index (κ3) is 5.48. The van der Waals surface area contributed by atoms with Gasteiger partial charge in [0.15, 0.2) is 0 Å². The predicted molar refractivity (Wildman–Crippen MR) is 92.7 cm³/mol. The van der Waals surface area contributed by atoms with Gasteiger partial charge >= 0.3 is 0 Å². The summed E-state index contributed by atoms with van der Waals surface area (Å²) in [4.78, 5) is 27.6. The van der Waals surface area contributed by atoms with Crippen molar-refractivity contribution >= 4 is 29.1 Å². The Morgan fingerprint density at radius 1 is 1.21 bits per heavy atom. The Balaban J connectivity index is 1.81. The highest BCUT2D eigenvalue weighted by atomic mass is 35.5. The number of benzene rings is 1. The maximum absolute atomic E-state index is 11.9. The molecule has 0 aliphatic carbocycles. The van der Waals surface area contributed by atoms with Crippen LogP contribution in [-0.2, 0) is 11.3 Å². The molecule has 0 radical (unpaired) electrons. The summed E-state index contributed by atoms with van der Waals surface area (Å²) in [7, 11) is 0. The van der Waals surface area contributed by atoms with E-state index in [-0.39, 0.29) is 18.2 Å². The van der Waals surface area contributed by atoms with Gasteiger partial charge < -0.3 is 5.32 Å². The smallest absolute Gasteiger partial charge is 0.272 e. The Morgan fingerprint density at radius 2 is 2.00 bits per heavy atom. The van der Waals surface area contributed by atoms with Crippen LogP contribution in [0.1, 0.15) is 29.3 Å². The van der Waals surface area contributed by atoms with Gasteiger partial charge in [0.25, 0.3) is 5.91 Å². The van der Waals surface area contributed by atoms with Crippen molar-refractivity contribution in [1.82, 2.24) is 15.7 Å². The van der Waals surface area contributed by atoms with Gasteiger partial charge in [-0.3, -0.25) is 14.6 Å². The van der Waals surface area contributed by atoms with Crippen LogP contribution in [0.2, 0.25) is 5.02 Å². The first-order valence-corrected chi connectivity index (χ1v) is 7.67. The number of halogens is 1. The molecular weight excluding hydrogens is 328 g/mol. The lowest BCUT2D eigenvalue weighted by atomic mass is 10.2.